The first-order chi connectivity index (χ1) is 9.88. The molecule has 2 rings (SSSR count). The molecule has 21 heavy (non-hydrogen) atoms. The van der Waals surface area contributed by atoms with Gasteiger partial charge in [0.25, 0.3) is 5.91 Å². The number of hydrogen-bond donors (Lipinski definition) is 3. The van der Waals surface area contributed by atoms with E-state index in [0.717, 1.165) is 6.07 Å². The zero-order valence-electron chi connectivity index (χ0n) is 11.2. The quantitative estimate of drug-likeness (QED) is 0.757. The van der Waals surface area contributed by atoms with E-state index in [1.54, 1.807) is 6.92 Å². The van der Waals surface area contributed by atoms with Crippen molar-refractivity contribution < 1.29 is 19.1 Å². The molecule has 2 aromatic rings. The highest BCUT2D eigenvalue weighted by atomic mass is 19.1. The van der Waals surface area contributed by atoms with Gasteiger partial charge in [-0.2, -0.15) is 0 Å². The lowest BCUT2D eigenvalue weighted by Gasteiger charge is -2.11. The topological polar surface area (TPSA) is 92.4 Å². The van der Waals surface area contributed by atoms with Gasteiger partial charge in [-0.15, -0.1) is 0 Å². The van der Waals surface area contributed by atoms with Crippen LogP contribution in [0.15, 0.2) is 36.4 Å². The average molecular weight is 288 g/mol. The van der Waals surface area contributed by atoms with Gasteiger partial charge in [0, 0.05) is 11.3 Å². The van der Waals surface area contributed by atoms with Gasteiger partial charge in [-0.05, 0) is 42.8 Å². The van der Waals surface area contributed by atoms with Crippen molar-refractivity contribution in [1.82, 2.24) is 0 Å². The number of aryl methyl sites for hydroxylation is 1. The number of carboxylic acids is 1. The second-order valence-electron chi connectivity index (χ2n) is 4.52. The van der Waals surface area contributed by atoms with E-state index >= 15 is 0 Å². The highest BCUT2D eigenvalue weighted by molar-refractivity contribution is 6.08. The van der Waals surface area contributed by atoms with Crippen LogP contribution in [-0.4, -0.2) is 17.0 Å². The smallest absolute Gasteiger partial charge is 0.337 e. The van der Waals surface area contributed by atoms with Crippen LogP contribution in [-0.2, 0) is 0 Å². The Kier molecular flexibility index (Phi) is 3.89. The Bertz CT molecular complexity index is 729. The summed E-state index contributed by atoms with van der Waals surface area (Å²) in [6, 6.07) is 7.88. The van der Waals surface area contributed by atoms with Crippen molar-refractivity contribution in [1.29, 1.82) is 0 Å². The van der Waals surface area contributed by atoms with E-state index in [2.05, 4.69) is 5.32 Å². The minimum absolute atomic E-state index is 0.0659. The summed E-state index contributed by atoms with van der Waals surface area (Å²) < 4.78 is 13.2. The monoisotopic (exact) mass is 288 g/mol. The Morgan fingerprint density at radius 3 is 2.52 bits per heavy atom. The molecule has 4 N–H and O–H groups in total. The number of anilines is 2. The molecule has 1 amide bonds. The molecule has 108 valence electrons. The molecule has 0 aliphatic heterocycles. The third kappa shape index (κ3) is 3.17. The number of halogens is 1. The van der Waals surface area contributed by atoms with Crippen molar-refractivity contribution in [2.75, 3.05) is 11.1 Å². The van der Waals surface area contributed by atoms with Gasteiger partial charge < -0.3 is 16.2 Å². The number of aromatic carboxylic acids is 1. The van der Waals surface area contributed by atoms with Crippen LogP contribution >= 0.6 is 0 Å². The second-order valence-corrected chi connectivity index (χ2v) is 4.52. The Balaban J connectivity index is 2.38. The number of carboxylic acid groups (broad SMARTS) is 1. The van der Waals surface area contributed by atoms with Crippen LogP contribution in [0.5, 0.6) is 0 Å². The molecule has 6 heteroatoms. The molecule has 0 fully saturated rings. The average Bonchev–Trinajstić information content (AvgIpc) is 2.41. The predicted octanol–water partition coefficient (Wildman–Crippen LogP) is 2.67. The molecule has 0 saturated heterocycles. The van der Waals surface area contributed by atoms with E-state index in [0.29, 0.717) is 11.3 Å². The number of nitrogen functional groups attached to an aromatic ring is 1. The maximum atomic E-state index is 13.2. The fourth-order valence-corrected chi connectivity index (χ4v) is 1.88. The normalized spacial score (nSPS) is 10.2. The summed E-state index contributed by atoms with van der Waals surface area (Å²) in [5, 5.41) is 11.5. The minimum atomic E-state index is -1.19. The number of benzene rings is 2. The Morgan fingerprint density at radius 2 is 1.86 bits per heavy atom. The van der Waals surface area contributed by atoms with Gasteiger partial charge in [0.15, 0.2) is 0 Å². The first-order valence-electron chi connectivity index (χ1n) is 6.09. The maximum absolute atomic E-state index is 13.2. The van der Waals surface area contributed by atoms with Crippen LogP contribution in [0.25, 0.3) is 0 Å². The molecular formula is C15H13FN2O3. The number of carbonyl (C=O) groups is 2. The molecule has 0 radical (unpaired) electrons. The van der Waals surface area contributed by atoms with Gasteiger partial charge >= 0.3 is 5.97 Å². The van der Waals surface area contributed by atoms with Gasteiger partial charge in [-0.3, -0.25) is 4.79 Å². The molecule has 0 bridgehead atoms. The fraction of sp³-hybridized carbons (Fsp3) is 0.0667. The van der Waals surface area contributed by atoms with E-state index in [1.807, 2.05) is 0 Å². The minimum Gasteiger partial charge on any atom is -0.478 e. The van der Waals surface area contributed by atoms with Gasteiger partial charge in [0.05, 0.1) is 11.3 Å². The van der Waals surface area contributed by atoms with Crippen molar-refractivity contribution in [2.24, 2.45) is 0 Å². The molecule has 0 aliphatic rings. The summed E-state index contributed by atoms with van der Waals surface area (Å²) in [5.41, 5.74) is 6.59. The summed E-state index contributed by atoms with van der Waals surface area (Å²) in [4.78, 5) is 23.3. The molecule has 5 nitrogen and oxygen atoms in total. The van der Waals surface area contributed by atoms with Gasteiger partial charge in [-0.1, -0.05) is 6.07 Å². The predicted molar refractivity (Wildman–Crippen MR) is 76.9 cm³/mol. The van der Waals surface area contributed by atoms with Crippen molar-refractivity contribution in [3.8, 4) is 0 Å². The lowest BCUT2D eigenvalue weighted by Crippen LogP contribution is -2.16. The SMILES string of the molecule is Cc1ccc(F)cc1C(=O)Nc1cc(N)ccc1C(=O)O. The zero-order chi connectivity index (χ0) is 15.6. The third-order valence-electron chi connectivity index (χ3n) is 2.97. The van der Waals surface area contributed by atoms with Crippen molar-refractivity contribution in [3.63, 3.8) is 0 Å². The molecule has 0 unspecified atom stereocenters. The summed E-state index contributed by atoms with van der Waals surface area (Å²) in [5.74, 6) is -2.34. The third-order valence-corrected chi connectivity index (χ3v) is 2.97. The Morgan fingerprint density at radius 1 is 1.14 bits per heavy atom. The van der Waals surface area contributed by atoms with E-state index in [1.165, 1.54) is 30.3 Å². The molecule has 0 saturated carbocycles. The maximum Gasteiger partial charge on any atom is 0.337 e. The molecule has 0 aromatic heterocycles. The Hall–Kier alpha value is -2.89. The zero-order valence-corrected chi connectivity index (χ0v) is 11.2. The van der Waals surface area contributed by atoms with E-state index < -0.39 is 17.7 Å². The van der Waals surface area contributed by atoms with Crippen molar-refractivity contribution >= 4 is 23.3 Å². The molecule has 2 aromatic carbocycles. The molecule has 0 aliphatic carbocycles. The first-order valence-corrected chi connectivity index (χ1v) is 6.09. The number of amides is 1. The molecule has 0 heterocycles. The molecule has 0 spiro atoms. The number of hydrogen-bond acceptors (Lipinski definition) is 3. The van der Waals surface area contributed by atoms with Gasteiger partial charge in [0.1, 0.15) is 5.82 Å². The van der Waals surface area contributed by atoms with Crippen LogP contribution in [0.1, 0.15) is 26.3 Å². The molecule has 0 atom stereocenters. The highest BCUT2D eigenvalue weighted by Crippen LogP contribution is 2.21. The number of rotatable bonds is 3. The van der Waals surface area contributed by atoms with Crippen LogP contribution in [0.4, 0.5) is 15.8 Å². The van der Waals surface area contributed by atoms with Gasteiger partial charge in [0.2, 0.25) is 0 Å². The highest BCUT2D eigenvalue weighted by Gasteiger charge is 2.15. The number of nitrogens with one attached hydrogen (secondary N) is 1. The standard InChI is InChI=1S/C15H13FN2O3/c1-8-2-3-9(16)6-12(8)14(19)18-13-7-10(17)4-5-11(13)15(20)21/h2-7H,17H2,1H3,(H,18,19)(H,20,21). The first kappa shape index (κ1) is 14.5. The van der Waals surface area contributed by atoms with E-state index in [4.69, 9.17) is 10.8 Å². The number of carbonyl (C=O) groups excluding carboxylic acids is 1. The van der Waals surface area contributed by atoms with Crippen LogP contribution in [0.3, 0.4) is 0 Å². The number of nitrogens with two attached hydrogens (primary N) is 1. The summed E-state index contributed by atoms with van der Waals surface area (Å²) in [6.45, 7) is 1.66. The lowest BCUT2D eigenvalue weighted by atomic mass is 10.1. The largest absolute Gasteiger partial charge is 0.478 e. The summed E-state index contributed by atoms with van der Waals surface area (Å²) in [7, 11) is 0. The van der Waals surface area contributed by atoms with E-state index in [-0.39, 0.29) is 16.8 Å². The van der Waals surface area contributed by atoms with Crippen LogP contribution < -0.4 is 11.1 Å². The fourth-order valence-electron chi connectivity index (χ4n) is 1.88. The van der Waals surface area contributed by atoms with E-state index in [9.17, 15) is 14.0 Å². The molecular weight excluding hydrogens is 275 g/mol. The summed E-state index contributed by atoms with van der Waals surface area (Å²) >= 11 is 0. The van der Waals surface area contributed by atoms with Crippen LogP contribution in [0.2, 0.25) is 0 Å². The van der Waals surface area contributed by atoms with Crippen molar-refractivity contribution in [3.05, 3.63) is 58.9 Å². The lowest BCUT2D eigenvalue weighted by molar-refractivity contribution is 0.0698. The summed E-state index contributed by atoms with van der Waals surface area (Å²) in [6.07, 6.45) is 0. The van der Waals surface area contributed by atoms with Gasteiger partial charge in [-0.25, -0.2) is 9.18 Å². The van der Waals surface area contributed by atoms with Crippen molar-refractivity contribution in [2.45, 2.75) is 6.92 Å². The Labute approximate surface area is 120 Å². The second kappa shape index (κ2) is 5.62. The van der Waals surface area contributed by atoms with Crippen LogP contribution in [0, 0.1) is 12.7 Å².